The summed E-state index contributed by atoms with van der Waals surface area (Å²) >= 11 is 0. The van der Waals surface area contributed by atoms with Crippen LogP contribution in [0.15, 0.2) is 36.7 Å². The van der Waals surface area contributed by atoms with Crippen molar-refractivity contribution in [2.75, 3.05) is 0 Å². The summed E-state index contributed by atoms with van der Waals surface area (Å²) in [4.78, 5) is 8.57. The molecular weight excluding hydrogens is 184 g/mol. The minimum Gasteiger partial charge on any atom is -0.261 e. The van der Waals surface area contributed by atoms with Crippen LogP contribution in [0.4, 0.5) is 0 Å². The molecule has 0 radical (unpaired) electrons. The quantitative estimate of drug-likeness (QED) is 0.741. The van der Waals surface area contributed by atoms with Crippen molar-refractivity contribution in [2.45, 2.75) is 20.3 Å². The van der Waals surface area contributed by atoms with Crippen LogP contribution in [0.2, 0.25) is 0 Å². The summed E-state index contributed by atoms with van der Waals surface area (Å²) in [6.45, 7) is 4.09. The standard InChI is InChI=1S/C13H14N2/c1-10-12(5-3-7-14-10)9-13-6-4-8-15-11(13)2/h3-8H,9H2,1-2H3. The lowest BCUT2D eigenvalue weighted by atomic mass is 10.0. The average molecular weight is 198 g/mol. The number of nitrogens with zero attached hydrogens (tertiary/aromatic N) is 2. The number of rotatable bonds is 2. The second kappa shape index (κ2) is 4.22. The average Bonchev–Trinajstić information content (AvgIpc) is 2.24. The number of aryl methyl sites for hydroxylation is 2. The van der Waals surface area contributed by atoms with Crippen molar-refractivity contribution in [3.63, 3.8) is 0 Å². The van der Waals surface area contributed by atoms with Crippen molar-refractivity contribution in [1.82, 2.24) is 9.97 Å². The van der Waals surface area contributed by atoms with E-state index >= 15 is 0 Å². The van der Waals surface area contributed by atoms with E-state index in [1.165, 1.54) is 11.1 Å². The van der Waals surface area contributed by atoms with E-state index in [4.69, 9.17) is 0 Å². The number of hydrogen-bond acceptors (Lipinski definition) is 2. The van der Waals surface area contributed by atoms with E-state index in [-0.39, 0.29) is 0 Å². The maximum atomic E-state index is 4.28. The minimum atomic E-state index is 0.916. The SMILES string of the molecule is Cc1ncccc1Cc1cccnc1C. The highest BCUT2D eigenvalue weighted by molar-refractivity contribution is 5.29. The first-order chi connectivity index (χ1) is 7.27. The maximum Gasteiger partial charge on any atom is 0.0407 e. The third kappa shape index (κ3) is 2.21. The van der Waals surface area contributed by atoms with Gasteiger partial charge in [-0.1, -0.05) is 12.1 Å². The molecule has 0 aliphatic heterocycles. The molecule has 0 fully saturated rings. The molecule has 2 heteroatoms. The highest BCUT2D eigenvalue weighted by Crippen LogP contribution is 2.13. The molecule has 0 bridgehead atoms. The second-order valence-electron chi connectivity index (χ2n) is 3.67. The third-order valence-corrected chi connectivity index (χ3v) is 2.61. The lowest BCUT2D eigenvalue weighted by Crippen LogP contribution is -1.97. The van der Waals surface area contributed by atoms with E-state index in [1.54, 1.807) is 0 Å². The van der Waals surface area contributed by atoms with Gasteiger partial charge in [-0.15, -0.1) is 0 Å². The van der Waals surface area contributed by atoms with Crippen molar-refractivity contribution in [3.8, 4) is 0 Å². The van der Waals surface area contributed by atoms with Crippen LogP contribution in [0.5, 0.6) is 0 Å². The van der Waals surface area contributed by atoms with Crippen molar-refractivity contribution < 1.29 is 0 Å². The van der Waals surface area contributed by atoms with Gasteiger partial charge < -0.3 is 0 Å². The summed E-state index contributed by atoms with van der Waals surface area (Å²) in [5, 5.41) is 0. The van der Waals surface area contributed by atoms with E-state index in [1.807, 2.05) is 38.4 Å². The molecule has 0 saturated carbocycles. The van der Waals surface area contributed by atoms with Gasteiger partial charge in [0.15, 0.2) is 0 Å². The van der Waals surface area contributed by atoms with Crippen molar-refractivity contribution >= 4 is 0 Å². The molecule has 0 N–H and O–H groups in total. The Balaban J connectivity index is 2.30. The lowest BCUT2D eigenvalue weighted by Gasteiger charge is -2.06. The molecule has 15 heavy (non-hydrogen) atoms. The van der Waals surface area contributed by atoms with Gasteiger partial charge in [0, 0.05) is 30.2 Å². The number of aromatic nitrogens is 2. The highest BCUT2D eigenvalue weighted by atomic mass is 14.7. The molecular formula is C13H14N2. The monoisotopic (exact) mass is 198 g/mol. The van der Waals surface area contributed by atoms with Crippen LogP contribution in [0.25, 0.3) is 0 Å². The van der Waals surface area contributed by atoms with Gasteiger partial charge in [-0.05, 0) is 37.1 Å². The topological polar surface area (TPSA) is 25.8 Å². The first-order valence-corrected chi connectivity index (χ1v) is 5.08. The summed E-state index contributed by atoms with van der Waals surface area (Å²) in [6.07, 6.45) is 4.57. The Hall–Kier alpha value is -1.70. The smallest absolute Gasteiger partial charge is 0.0407 e. The zero-order valence-electron chi connectivity index (χ0n) is 9.07. The number of hydrogen-bond donors (Lipinski definition) is 0. The molecule has 0 aromatic carbocycles. The molecule has 0 aliphatic carbocycles. The molecule has 0 aliphatic rings. The molecule has 2 heterocycles. The maximum absolute atomic E-state index is 4.28. The molecule has 2 aromatic rings. The predicted molar refractivity (Wildman–Crippen MR) is 60.8 cm³/mol. The lowest BCUT2D eigenvalue weighted by molar-refractivity contribution is 1.03. The van der Waals surface area contributed by atoms with E-state index in [2.05, 4.69) is 22.1 Å². The fraction of sp³-hybridized carbons (Fsp3) is 0.231. The number of pyridine rings is 2. The molecule has 0 saturated heterocycles. The van der Waals surface area contributed by atoms with E-state index < -0.39 is 0 Å². The van der Waals surface area contributed by atoms with Crippen LogP contribution >= 0.6 is 0 Å². The fourth-order valence-electron chi connectivity index (χ4n) is 1.61. The first kappa shape index (κ1) is 9.84. The summed E-state index contributed by atoms with van der Waals surface area (Å²) in [5.74, 6) is 0. The summed E-state index contributed by atoms with van der Waals surface area (Å²) in [6, 6.07) is 8.20. The van der Waals surface area contributed by atoms with Crippen LogP contribution in [-0.4, -0.2) is 9.97 Å². The molecule has 0 amide bonds. The van der Waals surface area contributed by atoms with Crippen molar-refractivity contribution in [2.24, 2.45) is 0 Å². The van der Waals surface area contributed by atoms with Crippen LogP contribution in [0.1, 0.15) is 22.5 Å². The predicted octanol–water partition coefficient (Wildman–Crippen LogP) is 2.68. The van der Waals surface area contributed by atoms with Gasteiger partial charge in [-0.3, -0.25) is 9.97 Å². The van der Waals surface area contributed by atoms with Crippen LogP contribution in [-0.2, 0) is 6.42 Å². The van der Waals surface area contributed by atoms with E-state index in [9.17, 15) is 0 Å². The summed E-state index contributed by atoms with van der Waals surface area (Å²) < 4.78 is 0. The van der Waals surface area contributed by atoms with Crippen molar-refractivity contribution in [1.29, 1.82) is 0 Å². The van der Waals surface area contributed by atoms with Gasteiger partial charge in [-0.2, -0.15) is 0 Å². The highest BCUT2D eigenvalue weighted by Gasteiger charge is 2.02. The molecule has 76 valence electrons. The van der Waals surface area contributed by atoms with Crippen LogP contribution in [0, 0.1) is 13.8 Å². The Morgan fingerprint density at radius 3 is 1.73 bits per heavy atom. The zero-order valence-corrected chi connectivity index (χ0v) is 9.07. The minimum absolute atomic E-state index is 0.916. The summed E-state index contributed by atoms with van der Waals surface area (Å²) in [7, 11) is 0. The summed E-state index contributed by atoms with van der Waals surface area (Å²) in [5.41, 5.74) is 4.74. The van der Waals surface area contributed by atoms with Crippen molar-refractivity contribution in [3.05, 3.63) is 59.2 Å². The molecule has 0 unspecified atom stereocenters. The van der Waals surface area contributed by atoms with Crippen LogP contribution in [0.3, 0.4) is 0 Å². The van der Waals surface area contributed by atoms with Gasteiger partial charge in [0.1, 0.15) is 0 Å². The Labute approximate surface area is 90.0 Å². The van der Waals surface area contributed by atoms with Crippen LogP contribution < -0.4 is 0 Å². The molecule has 2 rings (SSSR count). The van der Waals surface area contributed by atoms with Gasteiger partial charge in [0.05, 0.1) is 0 Å². The normalized spacial score (nSPS) is 10.3. The van der Waals surface area contributed by atoms with E-state index in [0.29, 0.717) is 0 Å². The van der Waals surface area contributed by atoms with Gasteiger partial charge >= 0.3 is 0 Å². The molecule has 0 spiro atoms. The third-order valence-electron chi connectivity index (χ3n) is 2.61. The van der Waals surface area contributed by atoms with Gasteiger partial charge in [0.2, 0.25) is 0 Å². The largest absolute Gasteiger partial charge is 0.261 e. The second-order valence-corrected chi connectivity index (χ2v) is 3.67. The molecule has 2 nitrogen and oxygen atoms in total. The van der Waals surface area contributed by atoms with Gasteiger partial charge in [-0.25, -0.2) is 0 Å². The Kier molecular flexibility index (Phi) is 2.77. The Bertz CT molecular complexity index is 420. The van der Waals surface area contributed by atoms with Gasteiger partial charge in [0.25, 0.3) is 0 Å². The molecule has 2 aromatic heterocycles. The first-order valence-electron chi connectivity index (χ1n) is 5.08. The Morgan fingerprint density at radius 2 is 1.33 bits per heavy atom. The molecule has 0 atom stereocenters. The Morgan fingerprint density at radius 1 is 0.867 bits per heavy atom. The van der Waals surface area contributed by atoms with E-state index in [0.717, 1.165) is 17.8 Å². The fourth-order valence-corrected chi connectivity index (χ4v) is 1.61. The zero-order chi connectivity index (χ0) is 10.7.